The second-order valence-electron chi connectivity index (χ2n) is 11.4. The lowest BCUT2D eigenvalue weighted by Gasteiger charge is -2.27. The van der Waals surface area contributed by atoms with Crippen molar-refractivity contribution in [3.05, 3.63) is 127 Å². The largest absolute Gasteiger partial charge is 0.497 e. The Morgan fingerprint density at radius 2 is 1.73 bits per heavy atom. The van der Waals surface area contributed by atoms with Crippen LogP contribution in [0.2, 0.25) is 0 Å². The topological polar surface area (TPSA) is 104 Å². The molecule has 2 aliphatic heterocycles. The van der Waals surface area contributed by atoms with E-state index in [0.717, 1.165) is 22.0 Å². The first-order chi connectivity index (χ1) is 23.5. The van der Waals surface area contributed by atoms with Crippen LogP contribution in [-0.4, -0.2) is 65.9 Å². The molecule has 2 aromatic heterocycles. The summed E-state index contributed by atoms with van der Waals surface area (Å²) >= 11 is 1.26. The molecule has 1 saturated heterocycles. The number of esters is 1. The van der Waals surface area contributed by atoms with Gasteiger partial charge in [-0.3, -0.25) is 14.2 Å². The Kier molecular flexibility index (Phi) is 8.79. The molecule has 48 heavy (non-hydrogen) atoms. The molecule has 3 aromatic carbocycles. The van der Waals surface area contributed by atoms with Crippen molar-refractivity contribution in [2.24, 2.45) is 4.99 Å². The summed E-state index contributed by atoms with van der Waals surface area (Å²) in [4.78, 5) is 48.6. The first-order valence-electron chi connectivity index (χ1n) is 15.8. The molecule has 0 saturated carbocycles. The summed E-state index contributed by atoms with van der Waals surface area (Å²) in [6, 6.07) is 23.8. The molecule has 0 spiro atoms. The van der Waals surface area contributed by atoms with Crippen LogP contribution in [0.1, 0.15) is 29.7 Å². The summed E-state index contributed by atoms with van der Waals surface area (Å²) in [7, 11) is 1.59. The average molecular weight is 663 g/mol. The maximum Gasteiger partial charge on any atom is 0.338 e. The number of carbonyl (C=O) groups is 2. The number of fused-ring (bicyclic) bond motifs is 2. The maximum atomic E-state index is 14.4. The van der Waals surface area contributed by atoms with Crippen molar-refractivity contribution in [3.8, 4) is 5.75 Å². The van der Waals surface area contributed by atoms with E-state index >= 15 is 0 Å². The van der Waals surface area contributed by atoms with Gasteiger partial charge in [-0.2, -0.15) is 0 Å². The molecule has 244 valence electrons. The fraction of sp³-hybridized carbons (Fsp3) is 0.243. The van der Waals surface area contributed by atoms with Crippen LogP contribution in [0, 0.1) is 0 Å². The summed E-state index contributed by atoms with van der Waals surface area (Å²) in [6.45, 7) is 4.30. The molecule has 2 aliphatic rings. The number of nitrogens with zero attached hydrogens (tertiary/aromatic N) is 4. The van der Waals surface area contributed by atoms with Gasteiger partial charge in [-0.15, -0.1) is 0 Å². The third-order valence-electron chi connectivity index (χ3n) is 8.58. The van der Waals surface area contributed by atoms with Gasteiger partial charge in [-0.25, -0.2) is 9.79 Å². The van der Waals surface area contributed by atoms with E-state index < -0.39 is 12.0 Å². The standard InChI is InChI=1S/C37H34N4O6S/c1-3-47-36(44)32-33(24-9-5-4-6-10-24)38-37-41(34(32)25-13-15-27(45-2)16-14-25)35(43)30(48-37)21-26-22-40(29-12-8-7-11-28(26)29)23-31(42)39-17-19-46-20-18-39/h4-16,21-22,34H,3,17-20,23H2,1-2H3/b30-21+/t34-/m1/s1. The van der Waals surface area contributed by atoms with Crippen molar-refractivity contribution in [2.45, 2.75) is 19.5 Å². The number of para-hydroxylation sites is 1. The summed E-state index contributed by atoms with van der Waals surface area (Å²) in [5.41, 5.74) is 3.61. The fourth-order valence-electron chi connectivity index (χ4n) is 6.26. The normalized spacial score (nSPS) is 16.5. The first kappa shape index (κ1) is 31.3. The number of benzene rings is 3. The van der Waals surface area contributed by atoms with Gasteiger partial charge >= 0.3 is 5.97 Å². The van der Waals surface area contributed by atoms with Crippen molar-refractivity contribution in [2.75, 3.05) is 40.0 Å². The van der Waals surface area contributed by atoms with Gasteiger partial charge in [0.25, 0.3) is 5.56 Å². The van der Waals surface area contributed by atoms with Crippen LogP contribution in [0.4, 0.5) is 0 Å². The van der Waals surface area contributed by atoms with Crippen molar-refractivity contribution < 1.29 is 23.8 Å². The van der Waals surface area contributed by atoms with Gasteiger partial charge in [0.15, 0.2) is 4.80 Å². The number of hydrogen-bond donors (Lipinski definition) is 0. The summed E-state index contributed by atoms with van der Waals surface area (Å²) in [6.07, 6.45) is 3.77. The van der Waals surface area contributed by atoms with E-state index in [1.165, 1.54) is 11.3 Å². The van der Waals surface area contributed by atoms with Crippen molar-refractivity contribution in [1.82, 2.24) is 14.0 Å². The maximum absolute atomic E-state index is 14.4. The Labute approximate surface area is 280 Å². The highest BCUT2D eigenvalue weighted by atomic mass is 32.1. The average Bonchev–Trinajstić information content (AvgIpc) is 3.64. The van der Waals surface area contributed by atoms with Gasteiger partial charge in [-0.05, 0) is 36.8 Å². The van der Waals surface area contributed by atoms with E-state index in [4.69, 9.17) is 19.2 Å². The third-order valence-corrected chi connectivity index (χ3v) is 9.56. The second-order valence-corrected chi connectivity index (χ2v) is 12.4. The van der Waals surface area contributed by atoms with Crippen molar-refractivity contribution in [1.29, 1.82) is 0 Å². The van der Waals surface area contributed by atoms with Crippen molar-refractivity contribution in [3.63, 3.8) is 0 Å². The molecule has 0 unspecified atom stereocenters. The van der Waals surface area contributed by atoms with Gasteiger partial charge in [0.1, 0.15) is 12.3 Å². The van der Waals surface area contributed by atoms with Crippen LogP contribution < -0.4 is 19.6 Å². The molecule has 0 aliphatic carbocycles. The van der Waals surface area contributed by atoms with E-state index in [9.17, 15) is 14.4 Å². The minimum absolute atomic E-state index is 0.0180. The van der Waals surface area contributed by atoms with Gasteiger partial charge < -0.3 is 23.7 Å². The lowest BCUT2D eigenvalue weighted by atomic mass is 9.93. The lowest BCUT2D eigenvalue weighted by Crippen LogP contribution is -2.42. The molecule has 11 heteroatoms. The smallest absolute Gasteiger partial charge is 0.338 e. The first-order valence-corrected chi connectivity index (χ1v) is 16.6. The second kappa shape index (κ2) is 13.5. The Balaban J connectivity index is 1.40. The van der Waals surface area contributed by atoms with Crippen LogP contribution >= 0.6 is 11.3 Å². The molecule has 1 amide bonds. The molecule has 5 aromatic rings. The number of aromatic nitrogens is 2. The van der Waals surface area contributed by atoms with Gasteiger partial charge in [-0.1, -0.05) is 72.0 Å². The zero-order valence-corrected chi connectivity index (χ0v) is 27.4. The van der Waals surface area contributed by atoms with Crippen LogP contribution in [0.5, 0.6) is 5.75 Å². The highest BCUT2D eigenvalue weighted by Crippen LogP contribution is 2.35. The SMILES string of the molecule is CCOC(=O)C1=C(c2ccccc2)N=c2s/c(=C/c3cn(CC(=O)N4CCOCC4)c4ccccc34)c(=O)n2[C@@H]1c1ccc(OC)cc1. The van der Waals surface area contributed by atoms with Crippen molar-refractivity contribution >= 4 is 45.9 Å². The number of carbonyl (C=O) groups excluding carboxylic acids is 2. The predicted octanol–water partition coefficient (Wildman–Crippen LogP) is 3.76. The highest BCUT2D eigenvalue weighted by Gasteiger charge is 2.35. The minimum atomic E-state index is -0.795. The molecule has 10 nitrogen and oxygen atoms in total. The number of ether oxygens (including phenoxy) is 3. The van der Waals surface area contributed by atoms with Crippen LogP contribution in [0.15, 0.2) is 100 Å². The third kappa shape index (κ3) is 5.86. The molecule has 0 radical (unpaired) electrons. The molecular formula is C37H34N4O6S. The Hall–Kier alpha value is -5.26. The zero-order valence-electron chi connectivity index (χ0n) is 26.6. The van der Waals surface area contributed by atoms with E-state index in [-0.39, 0.29) is 30.2 Å². The predicted molar refractivity (Wildman–Crippen MR) is 183 cm³/mol. The Bertz CT molecular complexity index is 2210. The number of hydrogen-bond acceptors (Lipinski definition) is 8. The number of morpholine rings is 1. The number of thiazole rings is 1. The molecule has 4 heterocycles. The fourth-order valence-corrected chi connectivity index (χ4v) is 7.25. The number of amides is 1. The van der Waals surface area contributed by atoms with Gasteiger partial charge in [0, 0.05) is 41.3 Å². The molecule has 0 bridgehead atoms. The zero-order chi connectivity index (χ0) is 33.2. The molecule has 7 rings (SSSR count). The summed E-state index contributed by atoms with van der Waals surface area (Å²) < 4.78 is 20.3. The summed E-state index contributed by atoms with van der Waals surface area (Å²) in [5.74, 6) is 0.132. The number of methoxy groups -OCH3 is 1. The monoisotopic (exact) mass is 662 g/mol. The number of rotatable bonds is 8. The van der Waals surface area contributed by atoms with Gasteiger partial charge in [0.2, 0.25) is 5.91 Å². The molecule has 1 atom stereocenters. The summed E-state index contributed by atoms with van der Waals surface area (Å²) in [5, 5.41) is 0.919. The Morgan fingerprint density at radius 1 is 1.00 bits per heavy atom. The van der Waals surface area contributed by atoms with E-state index in [1.807, 2.05) is 101 Å². The lowest BCUT2D eigenvalue weighted by molar-refractivity contribution is -0.139. The van der Waals surface area contributed by atoms with Crippen LogP contribution in [0.3, 0.4) is 0 Å². The molecular weight excluding hydrogens is 628 g/mol. The molecule has 1 fully saturated rings. The Morgan fingerprint density at radius 3 is 2.46 bits per heavy atom. The highest BCUT2D eigenvalue weighted by molar-refractivity contribution is 7.07. The quantitative estimate of drug-likeness (QED) is 0.235. The van der Waals surface area contributed by atoms with Crippen LogP contribution in [-0.2, 0) is 25.6 Å². The van der Waals surface area contributed by atoms with E-state index in [0.29, 0.717) is 52.6 Å². The van der Waals surface area contributed by atoms with Crippen LogP contribution in [0.25, 0.3) is 22.7 Å². The van der Waals surface area contributed by atoms with E-state index in [2.05, 4.69) is 0 Å². The minimum Gasteiger partial charge on any atom is -0.497 e. The van der Waals surface area contributed by atoms with Gasteiger partial charge in [0.05, 0.1) is 48.8 Å². The van der Waals surface area contributed by atoms with E-state index in [1.54, 1.807) is 18.6 Å². The molecule has 0 N–H and O–H groups in total.